The van der Waals surface area contributed by atoms with Crippen molar-refractivity contribution in [1.29, 1.82) is 0 Å². The minimum absolute atomic E-state index is 0.132. The number of fused-ring (bicyclic) bond motifs is 1. The molecule has 0 atom stereocenters. The first-order valence-corrected chi connectivity index (χ1v) is 6.29. The van der Waals surface area contributed by atoms with Gasteiger partial charge in [-0.2, -0.15) is 0 Å². The van der Waals surface area contributed by atoms with E-state index in [0.717, 1.165) is 18.5 Å². The summed E-state index contributed by atoms with van der Waals surface area (Å²) in [5.74, 6) is -0.182. The highest BCUT2D eigenvalue weighted by Crippen LogP contribution is 2.32. The highest BCUT2D eigenvalue weighted by Gasteiger charge is 2.15. The van der Waals surface area contributed by atoms with Crippen LogP contribution < -0.4 is 0 Å². The van der Waals surface area contributed by atoms with Gasteiger partial charge < -0.3 is 14.6 Å². The fraction of sp³-hybridized carbons (Fsp3) is 0.333. The third-order valence-electron chi connectivity index (χ3n) is 3.18. The van der Waals surface area contributed by atoms with Gasteiger partial charge in [0.2, 0.25) is 0 Å². The van der Waals surface area contributed by atoms with Crippen molar-refractivity contribution in [3.05, 3.63) is 42.4 Å². The quantitative estimate of drug-likeness (QED) is 0.839. The minimum Gasteiger partial charge on any atom is -0.507 e. The molecule has 0 aliphatic heterocycles. The molecule has 0 fully saturated rings. The van der Waals surface area contributed by atoms with Crippen LogP contribution in [0, 0.1) is 5.82 Å². The van der Waals surface area contributed by atoms with E-state index in [1.165, 1.54) is 12.1 Å². The highest BCUT2D eigenvalue weighted by atomic mass is 19.1. The Morgan fingerprint density at radius 2 is 2.16 bits per heavy atom. The molecule has 0 aliphatic carbocycles. The molecule has 19 heavy (non-hydrogen) atoms. The average Bonchev–Trinajstić information content (AvgIpc) is 2.72. The highest BCUT2D eigenvalue weighted by molar-refractivity contribution is 5.90. The van der Waals surface area contributed by atoms with Crippen LogP contribution in [0.15, 0.2) is 31.0 Å². The van der Waals surface area contributed by atoms with Crippen molar-refractivity contribution in [2.24, 2.45) is 0 Å². The molecular weight excluding hydrogens is 243 g/mol. The van der Waals surface area contributed by atoms with E-state index in [-0.39, 0.29) is 11.6 Å². The van der Waals surface area contributed by atoms with Gasteiger partial charge in [-0.1, -0.05) is 6.08 Å². The fourth-order valence-corrected chi connectivity index (χ4v) is 2.29. The zero-order chi connectivity index (χ0) is 14.0. The third kappa shape index (κ3) is 2.63. The molecule has 0 spiro atoms. The van der Waals surface area contributed by atoms with Gasteiger partial charge in [0.15, 0.2) is 0 Å². The molecule has 0 radical (unpaired) electrons. The molecule has 3 nitrogen and oxygen atoms in total. The first kappa shape index (κ1) is 13.6. The van der Waals surface area contributed by atoms with E-state index in [1.54, 1.807) is 10.6 Å². The number of nitrogens with zero attached hydrogens (tertiary/aromatic N) is 2. The predicted octanol–water partition coefficient (Wildman–Crippen LogP) is 2.78. The molecule has 0 amide bonds. The third-order valence-corrected chi connectivity index (χ3v) is 3.18. The number of aromatic hydroxyl groups is 1. The molecule has 102 valence electrons. The van der Waals surface area contributed by atoms with E-state index in [2.05, 4.69) is 11.5 Å². The summed E-state index contributed by atoms with van der Waals surface area (Å²) in [7, 11) is 3.98. The summed E-state index contributed by atoms with van der Waals surface area (Å²) < 4.78 is 15.8. The summed E-state index contributed by atoms with van der Waals surface area (Å²) in [4.78, 5) is 2.06. The fourth-order valence-electron chi connectivity index (χ4n) is 2.29. The smallest absolute Gasteiger partial charge is 0.147 e. The summed E-state index contributed by atoms with van der Waals surface area (Å²) in [5, 5.41) is 10.6. The van der Waals surface area contributed by atoms with Crippen molar-refractivity contribution < 1.29 is 9.50 Å². The van der Waals surface area contributed by atoms with Gasteiger partial charge in [0.05, 0.1) is 5.52 Å². The van der Waals surface area contributed by atoms with Crippen LogP contribution in [-0.2, 0) is 13.0 Å². The number of phenols is 1. The van der Waals surface area contributed by atoms with Crippen molar-refractivity contribution >= 4 is 10.9 Å². The lowest BCUT2D eigenvalue weighted by molar-refractivity contribution is 0.413. The van der Waals surface area contributed by atoms with Crippen LogP contribution in [0.5, 0.6) is 5.75 Å². The first-order chi connectivity index (χ1) is 9.04. The van der Waals surface area contributed by atoms with E-state index in [9.17, 15) is 9.50 Å². The van der Waals surface area contributed by atoms with Crippen molar-refractivity contribution in [2.75, 3.05) is 20.6 Å². The molecule has 0 bridgehead atoms. The predicted molar refractivity (Wildman–Crippen MR) is 76.0 cm³/mol. The Bertz CT molecular complexity index is 602. The van der Waals surface area contributed by atoms with Gasteiger partial charge in [-0.05, 0) is 38.2 Å². The second-order valence-corrected chi connectivity index (χ2v) is 4.94. The van der Waals surface area contributed by atoms with Crippen LogP contribution >= 0.6 is 0 Å². The summed E-state index contributed by atoms with van der Waals surface area (Å²) in [6, 6.07) is 2.71. The summed E-state index contributed by atoms with van der Waals surface area (Å²) in [5.41, 5.74) is 1.41. The Morgan fingerprint density at radius 1 is 1.42 bits per heavy atom. The molecule has 0 aliphatic rings. The van der Waals surface area contributed by atoms with Gasteiger partial charge >= 0.3 is 0 Å². The van der Waals surface area contributed by atoms with Gasteiger partial charge in [-0.15, -0.1) is 6.58 Å². The number of allylic oxidation sites excluding steroid dienone is 1. The Kier molecular flexibility index (Phi) is 3.90. The van der Waals surface area contributed by atoms with Crippen molar-refractivity contribution in [1.82, 2.24) is 9.47 Å². The Hall–Kier alpha value is -1.81. The number of hydrogen-bond acceptors (Lipinski definition) is 2. The largest absolute Gasteiger partial charge is 0.507 e. The lowest BCUT2D eigenvalue weighted by atomic mass is 10.1. The Labute approximate surface area is 112 Å². The minimum atomic E-state index is -0.314. The van der Waals surface area contributed by atoms with E-state index in [0.29, 0.717) is 17.4 Å². The van der Waals surface area contributed by atoms with Crippen molar-refractivity contribution in [3.63, 3.8) is 0 Å². The monoisotopic (exact) mass is 262 g/mol. The van der Waals surface area contributed by atoms with Gasteiger partial charge in [0, 0.05) is 24.7 Å². The number of rotatable bonds is 5. The van der Waals surface area contributed by atoms with Crippen LogP contribution in [0.2, 0.25) is 0 Å². The number of likely N-dealkylation sites (N-methyl/N-ethyl adjacent to an activating group) is 1. The average molecular weight is 262 g/mol. The SMILES string of the molecule is C=CCn1cc(CCN(C)C)c2c(O)ccc(F)c21. The molecule has 0 unspecified atom stereocenters. The standard InChI is InChI=1S/C15H19FN2O/c1-4-8-18-10-11(7-9-17(2)3)14-13(19)6-5-12(16)15(14)18/h4-6,10,19H,1,7-9H2,2-3H3. The van der Waals surface area contributed by atoms with Gasteiger partial charge in [-0.3, -0.25) is 0 Å². The summed E-state index contributed by atoms with van der Waals surface area (Å²) in [6.45, 7) is 5.06. The maximum absolute atomic E-state index is 14.0. The van der Waals surface area contributed by atoms with Gasteiger partial charge in [0.1, 0.15) is 11.6 Å². The normalized spacial score (nSPS) is 11.4. The molecule has 1 heterocycles. The molecular formula is C15H19FN2O. The van der Waals surface area contributed by atoms with Crippen molar-refractivity contribution in [3.8, 4) is 5.75 Å². The molecule has 1 N–H and O–H groups in total. The number of hydrogen-bond donors (Lipinski definition) is 1. The molecule has 4 heteroatoms. The van der Waals surface area contributed by atoms with E-state index in [4.69, 9.17) is 0 Å². The zero-order valence-electron chi connectivity index (χ0n) is 11.4. The number of halogens is 1. The summed E-state index contributed by atoms with van der Waals surface area (Å²) >= 11 is 0. The maximum atomic E-state index is 14.0. The number of benzene rings is 1. The van der Waals surface area contributed by atoms with Crippen LogP contribution in [0.3, 0.4) is 0 Å². The van der Waals surface area contributed by atoms with Crippen LogP contribution in [-0.4, -0.2) is 35.2 Å². The van der Waals surface area contributed by atoms with Crippen LogP contribution in [0.25, 0.3) is 10.9 Å². The van der Waals surface area contributed by atoms with E-state index < -0.39 is 0 Å². The Balaban J connectivity index is 2.57. The van der Waals surface area contributed by atoms with Gasteiger partial charge in [0.25, 0.3) is 0 Å². The lowest BCUT2D eigenvalue weighted by Gasteiger charge is -2.08. The van der Waals surface area contributed by atoms with Crippen molar-refractivity contribution in [2.45, 2.75) is 13.0 Å². The molecule has 2 aromatic rings. The Morgan fingerprint density at radius 3 is 2.79 bits per heavy atom. The second-order valence-electron chi connectivity index (χ2n) is 4.94. The number of aromatic nitrogens is 1. The van der Waals surface area contributed by atoms with Gasteiger partial charge in [-0.25, -0.2) is 4.39 Å². The second kappa shape index (κ2) is 5.45. The van der Waals surface area contributed by atoms with E-state index >= 15 is 0 Å². The van der Waals surface area contributed by atoms with E-state index in [1.807, 2.05) is 20.3 Å². The molecule has 0 saturated heterocycles. The molecule has 1 aromatic heterocycles. The first-order valence-electron chi connectivity index (χ1n) is 6.29. The summed E-state index contributed by atoms with van der Waals surface area (Å²) in [6.07, 6.45) is 4.39. The van der Waals surface area contributed by atoms with Crippen LogP contribution in [0.1, 0.15) is 5.56 Å². The molecule has 0 saturated carbocycles. The molecule has 1 aromatic carbocycles. The topological polar surface area (TPSA) is 28.4 Å². The zero-order valence-corrected chi connectivity index (χ0v) is 11.4. The number of phenolic OH excluding ortho intramolecular Hbond substituents is 1. The lowest BCUT2D eigenvalue weighted by Crippen LogP contribution is -2.14. The maximum Gasteiger partial charge on any atom is 0.147 e. The molecule has 2 rings (SSSR count). The van der Waals surface area contributed by atoms with Crippen LogP contribution in [0.4, 0.5) is 4.39 Å².